The molecule has 6 nitrogen and oxygen atoms in total. The lowest BCUT2D eigenvalue weighted by Gasteiger charge is -2.04. The number of carboxylic acids is 1. The van der Waals surface area contributed by atoms with Crippen LogP contribution in [0.1, 0.15) is 15.9 Å². The molecule has 0 aliphatic heterocycles. The first kappa shape index (κ1) is 14.2. The van der Waals surface area contributed by atoms with Crippen LogP contribution in [0.15, 0.2) is 24.3 Å². The van der Waals surface area contributed by atoms with E-state index in [1.807, 2.05) is 0 Å². The fraction of sp³-hybridized carbons (Fsp3) is 0.273. The molecule has 7 heteroatoms. The van der Waals surface area contributed by atoms with Gasteiger partial charge in [-0.3, -0.25) is 4.79 Å². The van der Waals surface area contributed by atoms with E-state index in [-0.39, 0.29) is 5.56 Å². The van der Waals surface area contributed by atoms with Crippen molar-refractivity contribution in [3.8, 4) is 0 Å². The summed E-state index contributed by atoms with van der Waals surface area (Å²) in [7, 11) is -2.56. The Labute approximate surface area is 104 Å². The highest BCUT2D eigenvalue weighted by atomic mass is 32.2. The van der Waals surface area contributed by atoms with E-state index < -0.39 is 33.3 Å². The van der Waals surface area contributed by atoms with Crippen molar-refractivity contribution in [1.29, 1.82) is 0 Å². The van der Waals surface area contributed by atoms with Gasteiger partial charge in [-0.2, -0.15) is 0 Å². The smallest absolute Gasteiger partial charge is 0.335 e. The third kappa shape index (κ3) is 4.17. The van der Waals surface area contributed by atoms with E-state index in [4.69, 9.17) is 5.11 Å². The lowest BCUT2D eigenvalue weighted by molar-refractivity contribution is -0.137. The maximum absolute atomic E-state index is 11.6. The fourth-order valence-corrected chi connectivity index (χ4v) is 2.60. The second-order valence-electron chi connectivity index (χ2n) is 3.61. The Balaban J connectivity index is 2.87. The molecule has 98 valence electrons. The quantitative estimate of drug-likeness (QED) is 0.782. The first-order valence-corrected chi connectivity index (χ1v) is 6.75. The van der Waals surface area contributed by atoms with E-state index in [0.717, 1.165) is 7.11 Å². The molecule has 1 aromatic carbocycles. The van der Waals surface area contributed by atoms with Crippen LogP contribution in [0.2, 0.25) is 0 Å². The van der Waals surface area contributed by atoms with E-state index in [0.29, 0.717) is 5.56 Å². The van der Waals surface area contributed by atoms with E-state index >= 15 is 0 Å². The molecule has 0 aliphatic rings. The maximum atomic E-state index is 11.6. The van der Waals surface area contributed by atoms with Gasteiger partial charge in [0.1, 0.15) is 5.75 Å². The topological polar surface area (TPSA) is 97.7 Å². The maximum Gasteiger partial charge on any atom is 0.335 e. The van der Waals surface area contributed by atoms with Crippen molar-refractivity contribution in [3.63, 3.8) is 0 Å². The largest absolute Gasteiger partial charge is 0.478 e. The highest BCUT2D eigenvalue weighted by Gasteiger charge is 2.18. The standard InChI is InChI=1S/C11H12O6S/c1-17-10(12)7-18(15,16)6-8-3-2-4-9(5-8)11(13)14/h2-5H,6-7H2,1H3,(H,13,14). The van der Waals surface area contributed by atoms with Crippen molar-refractivity contribution >= 4 is 21.8 Å². The molecule has 0 atom stereocenters. The first-order valence-electron chi connectivity index (χ1n) is 4.93. The van der Waals surface area contributed by atoms with Gasteiger partial charge in [0.05, 0.1) is 18.4 Å². The summed E-state index contributed by atoms with van der Waals surface area (Å²) in [5, 5.41) is 8.77. The van der Waals surface area contributed by atoms with Gasteiger partial charge in [0.25, 0.3) is 0 Å². The molecule has 0 aromatic heterocycles. The highest BCUT2D eigenvalue weighted by Crippen LogP contribution is 2.10. The number of esters is 1. The summed E-state index contributed by atoms with van der Waals surface area (Å²) in [5.74, 6) is -3.10. The molecule has 1 aromatic rings. The molecule has 0 radical (unpaired) electrons. The van der Waals surface area contributed by atoms with Crippen LogP contribution >= 0.6 is 0 Å². The zero-order chi connectivity index (χ0) is 13.8. The molecule has 1 N–H and O–H groups in total. The van der Waals surface area contributed by atoms with Gasteiger partial charge in [-0.1, -0.05) is 12.1 Å². The number of benzene rings is 1. The minimum absolute atomic E-state index is 0.000711. The Kier molecular flexibility index (Phi) is 4.43. The molecular formula is C11H12O6S. The average molecular weight is 272 g/mol. The first-order chi connectivity index (χ1) is 8.34. The van der Waals surface area contributed by atoms with E-state index in [1.165, 1.54) is 24.3 Å². The molecule has 0 aliphatic carbocycles. The Bertz CT molecular complexity index is 561. The van der Waals surface area contributed by atoms with Crippen LogP contribution in [0.4, 0.5) is 0 Å². The molecule has 0 amide bonds. The Morgan fingerprint density at radius 2 is 2.00 bits per heavy atom. The Morgan fingerprint density at radius 3 is 2.56 bits per heavy atom. The molecule has 0 bridgehead atoms. The number of sulfone groups is 1. The van der Waals surface area contributed by atoms with Crippen LogP contribution < -0.4 is 0 Å². The number of carbonyl (C=O) groups excluding carboxylic acids is 1. The van der Waals surface area contributed by atoms with Crippen molar-refractivity contribution in [1.82, 2.24) is 0 Å². The summed E-state index contributed by atoms with van der Waals surface area (Å²) >= 11 is 0. The SMILES string of the molecule is COC(=O)CS(=O)(=O)Cc1cccc(C(=O)O)c1. The summed E-state index contributed by atoms with van der Waals surface area (Å²) < 4.78 is 27.5. The number of methoxy groups -OCH3 is 1. The number of hydrogen-bond acceptors (Lipinski definition) is 5. The van der Waals surface area contributed by atoms with Crippen LogP contribution in [0.5, 0.6) is 0 Å². The minimum Gasteiger partial charge on any atom is -0.478 e. The molecule has 0 saturated heterocycles. The lowest BCUT2D eigenvalue weighted by atomic mass is 10.1. The second-order valence-corrected chi connectivity index (χ2v) is 5.68. The normalized spacial score (nSPS) is 10.9. The van der Waals surface area contributed by atoms with Crippen LogP contribution in [-0.4, -0.2) is 38.3 Å². The monoisotopic (exact) mass is 272 g/mol. The summed E-state index contributed by atoms with van der Waals surface area (Å²) in [6, 6.07) is 5.56. The van der Waals surface area contributed by atoms with E-state index in [1.54, 1.807) is 0 Å². The van der Waals surface area contributed by atoms with Gasteiger partial charge < -0.3 is 9.84 Å². The third-order valence-electron chi connectivity index (χ3n) is 2.13. The Hall–Kier alpha value is -1.89. The predicted octanol–water partition coefficient (Wildman–Crippen LogP) is 0.473. The van der Waals surface area contributed by atoms with Gasteiger partial charge in [-0.15, -0.1) is 0 Å². The van der Waals surface area contributed by atoms with Crippen molar-refractivity contribution in [3.05, 3.63) is 35.4 Å². The summed E-state index contributed by atoms with van der Waals surface area (Å²) in [5.41, 5.74) is 0.319. The molecule has 0 saturated carbocycles. The zero-order valence-corrected chi connectivity index (χ0v) is 10.4. The van der Waals surface area contributed by atoms with Gasteiger partial charge in [-0.25, -0.2) is 13.2 Å². The number of carbonyl (C=O) groups is 2. The molecule has 0 spiro atoms. The molecule has 0 fully saturated rings. The van der Waals surface area contributed by atoms with Crippen molar-refractivity contribution in [2.45, 2.75) is 5.75 Å². The number of hydrogen-bond donors (Lipinski definition) is 1. The summed E-state index contributed by atoms with van der Waals surface area (Å²) in [6.45, 7) is 0. The number of rotatable bonds is 5. The predicted molar refractivity (Wildman–Crippen MR) is 62.9 cm³/mol. The van der Waals surface area contributed by atoms with Crippen LogP contribution in [0.25, 0.3) is 0 Å². The second kappa shape index (κ2) is 5.63. The summed E-state index contributed by atoms with van der Waals surface area (Å²) in [4.78, 5) is 21.6. The lowest BCUT2D eigenvalue weighted by Crippen LogP contribution is -2.18. The van der Waals surface area contributed by atoms with Crippen LogP contribution in [0, 0.1) is 0 Å². The van der Waals surface area contributed by atoms with Crippen LogP contribution in [-0.2, 0) is 25.1 Å². The number of ether oxygens (including phenoxy) is 1. The fourth-order valence-electron chi connectivity index (χ4n) is 1.34. The summed E-state index contributed by atoms with van der Waals surface area (Å²) in [6.07, 6.45) is 0. The molecule has 0 unspecified atom stereocenters. The molecule has 0 heterocycles. The minimum atomic E-state index is -3.66. The Morgan fingerprint density at radius 1 is 1.33 bits per heavy atom. The number of carboxylic acid groups (broad SMARTS) is 1. The van der Waals surface area contributed by atoms with Gasteiger partial charge >= 0.3 is 11.9 Å². The van der Waals surface area contributed by atoms with Crippen molar-refractivity contribution in [2.24, 2.45) is 0 Å². The van der Waals surface area contributed by atoms with Gasteiger partial charge in [0.2, 0.25) is 0 Å². The van der Waals surface area contributed by atoms with Crippen molar-refractivity contribution in [2.75, 3.05) is 12.9 Å². The third-order valence-corrected chi connectivity index (χ3v) is 3.57. The van der Waals surface area contributed by atoms with Crippen molar-refractivity contribution < 1.29 is 27.9 Å². The average Bonchev–Trinajstić information content (AvgIpc) is 2.27. The number of aromatic carboxylic acids is 1. The molecule has 18 heavy (non-hydrogen) atoms. The van der Waals surface area contributed by atoms with Gasteiger partial charge in [-0.05, 0) is 17.7 Å². The van der Waals surface area contributed by atoms with E-state index in [2.05, 4.69) is 4.74 Å². The highest BCUT2D eigenvalue weighted by molar-refractivity contribution is 7.91. The van der Waals surface area contributed by atoms with Gasteiger partial charge in [0.15, 0.2) is 9.84 Å². The molecule has 1 rings (SSSR count). The zero-order valence-electron chi connectivity index (χ0n) is 9.62. The van der Waals surface area contributed by atoms with Crippen LogP contribution in [0.3, 0.4) is 0 Å². The van der Waals surface area contributed by atoms with Gasteiger partial charge in [0, 0.05) is 0 Å². The molecular weight excluding hydrogens is 260 g/mol. The van der Waals surface area contributed by atoms with E-state index in [9.17, 15) is 18.0 Å².